The van der Waals surface area contributed by atoms with Crippen molar-refractivity contribution in [2.24, 2.45) is 0 Å². The van der Waals surface area contributed by atoms with Crippen molar-refractivity contribution in [1.29, 1.82) is 0 Å². The van der Waals surface area contributed by atoms with E-state index in [-0.39, 0.29) is 19.4 Å². The molecule has 1 aliphatic heterocycles. The number of carboxylic acids is 1. The van der Waals surface area contributed by atoms with Crippen LogP contribution in [0.15, 0.2) is 67.0 Å². The van der Waals surface area contributed by atoms with Crippen LogP contribution in [0.3, 0.4) is 0 Å². The Labute approximate surface area is 219 Å². The molecule has 0 aliphatic carbocycles. The number of benzene rings is 2. The Bertz CT molecular complexity index is 1280. The van der Waals surface area contributed by atoms with Crippen molar-refractivity contribution in [1.82, 2.24) is 36.4 Å². The number of fused-ring (bicyclic) bond motifs is 1. The molecule has 0 saturated heterocycles. The molecule has 0 spiro atoms. The lowest BCUT2D eigenvalue weighted by atomic mass is 10.1. The number of nitrogens with one attached hydrogen (secondary N) is 5. The van der Waals surface area contributed by atoms with Crippen molar-refractivity contribution in [2.45, 2.75) is 31.9 Å². The molecule has 1 aromatic heterocycles. The van der Waals surface area contributed by atoms with Gasteiger partial charge in [-0.15, -0.1) is 0 Å². The van der Waals surface area contributed by atoms with Crippen molar-refractivity contribution >= 4 is 28.9 Å². The number of nitrogens with zero attached hydrogens (tertiary/aromatic N) is 2. The number of rotatable bonds is 12. The fraction of sp³-hybridized carbons (Fsp3) is 0.308. The van der Waals surface area contributed by atoms with E-state index in [1.54, 1.807) is 42.6 Å². The first-order valence-electron chi connectivity index (χ1n) is 12.3. The van der Waals surface area contributed by atoms with Crippen LogP contribution >= 0.6 is 0 Å². The van der Waals surface area contributed by atoms with Gasteiger partial charge in [0, 0.05) is 37.1 Å². The zero-order valence-electron chi connectivity index (χ0n) is 20.7. The summed E-state index contributed by atoms with van der Waals surface area (Å²) in [5.41, 5.74) is 2.02. The predicted molar refractivity (Wildman–Crippen MR) is 140 cm³/mol. The van der Waals surface area contributed by atoms with Gasteiger partial charge in [-0.05, 0) is 36.4 Å². The van der Waals surface area contributed by atoms with E-state index >= 15 is 0 Å². The summed E-state index contributed by atoms with van der Waals surface area (Å²) in [6.07, 6.45) is 5.64. The summed E-state index contributed by atoms with van der Waals surface area (Å²) in [7, 11) is 0. The maximum atomic E-state index is 12.7. The predicted octanol–water partition coefficient (Wildman–Crippen LogP) is 1.12. The Kier molecular flexibility index (Phi) is 9.27. The lowest BCUT2D eigenvalue weighted by Gasteiger charge is -2.22. The van der Waals surface area contributed by atoms with Crippen molar-refractivity contribution in [3.63, 3.8) is 0 Å². The highest BCUT2D eigenvalue weighted by Crippen LogP contribution is 2.16. The number of alkyl carbamates (subject to hydrolysis) is 1. The van der Waals surface area contributed by atoms with E-state index in [2.05, 4.69) is 31.7 Å². The summed E-state index contributed by atoms with van der Waals surface area (Å²) in [6.45, 7) is 2.01. The van der Waals surface area contributed by atoms with Crippen LogP contribution in [-0.2, 0) is 22.7 Å². The summed E-state index contributed by atoms with van der Waals surface area (Å²) in [4.78, 5) is 36.3. The van der Waals surface area contributed by atoms with Gasteiger partial charge in [-0.2, -0.15) is 5.10 Å². The van der Waals surface area contributed by atoms with Crippen LogP contribution in [0.25, 0.3) is 10.9 Å². The van der Waals surface area contributed by atoms with Crippen LogP contribution in [-0.4, -0.2) is 64.8 Å². The van der Waals surface area contributed by atoms with Gasteiger partial charge in [0.2, 0.25) is 0 Å². The van der Waals surface area contributed by atoms with Crippen LogP contribution < -0.4 is 26.6 Å². The van der Waals surface area contributed by atoms with Gasteiger partial charge in [0.05, 0.1) is 11.7 Å². The van der Waals surface area contributed by atoms with E-state index < -0.39 is 24.0 Å². The van der Waals surface area contributed by atoms with Crippen molar-refractivity contribution in [2.75, 3.05) is 19.6 Å². The summed E-state index contributed by atoms with van der Waals surface area (Å²) in [6, 6.07) is 12.8. The molecular formula is C26H31N7O5. The summed E-state index contributed by atoms with van der Waals surface area (Å²) in [5, 5.41) is 29.3. The summed E-state index contributed by atoms with van der Waals surface area (Å²) < 4.78 is 6.95. The number of aryl methyl sites for hydroxylation is 1. The maximum absolute atomic E-state index is 12.7. The Balaban J connectivity index is 1.25. The normalized spacial score (nSPS) is 15.4. The van der Waals surface area contributed by atoms with Crippen LogP contribution in [0.4, 0.5) is 4.79 Å². The van der Waals surface area contributed by atoms with E-state index in [1.165, 1.54) is 0 Å². The van der Waals surface area contributed by atoms with Gasteiger partial charge in [0.25, 0.3) is 5.91 Å². The number of amides is 2. The van der Waals surface area contributed by atoms with Gasteiger partial charge in [0.1, 0.15) is 18.9 Å². The number of hydrogen-bond acceptors (Lipinski definition) is 8. The first-order chi connectivity index (χ1) is 18.5. The van der Waals surface area contributed by atoms with E-state index in [0.29, 0.717) is 12.1 Å². The molecule has 2 amide bonds. The number of ether oxygens (including phenoxy) is 1. The zero-order chi connectivity index (χ0) is 26.7. The molecule has 2 heterocycles. The monoisotopic (exact) mass is 521 g/mol. The topological polar surface area (TPSA) is 159 Å². The molecule has 1 aliphatic rings. The summed E-state index contributed by atoms with van der Waals surface area (Å²) >= 11 is 0. The van der Waals surface area contributed by atoms with Gasteiger partial charge in [-0.25, -0.2) is 9.59 Å². The fourth-order valence-corrected chi connectivity index (χ4v) is 3.88. The third-order valence-electron chi connectivity index (χ3n) is 5.89. The average molecular weight is 522 g/mol. The third-order valence-corrected chi connectivity index (χ3v) is 5.89. The standard InChI is InChI=1S/C26H31N7O5/c34-23(30-16-21(24(35)36)32-26(37)38-17-18-6-2-1-3-7-18)19-8-9-22-20(14-19)15-31-33(22)13-5-12-29-25-27-10-4-11-28-25/h1-4,6-10,14-15,21,25,27-29H,5,11-13,16-17H2,(H,30,34)(H,32,37)(H,35,36). The zero-order valence-corrected chi connectivity index (χ0v) is 20.7. The van der Waals surface area contributed by atoms with Crippen LogP contribution in [0.1, 0.15) is 22.3 Å². The molecule has 2 aromatic carbocycles. The largest absolute Gasteiger partial charge is 0.480 e. The highest BCUT2D eigenvalue weighted by Gasteiger charge is 2.22. The maximum Gasteiger partial charge on any atom is 0.408 e. The lowest BCUT2D eigenvalue weighted by molar-refractivity contribution is -0.139. The molecule has 0 saturated carbocycles. The highest BCUT2D eigenvalue weighted by atomic mass is 16.5. The van der Waals surface area contributed by atoms with Gasteiger partial charge in [-0.3, -0.25) is 20.1 Å². The molecular weight excluding hydrogens is 490 g/mol. The molecule has 0 fully saturated rings. The van der Waals surface area contributed by atoms with Crippen LogP contribution in [0.2, 0.25) is 0 Å². The van der Waals surface area contributed by atoms with E-state index in [4.69, 9.17) is 4.74 Å². The Hall–Kier alpha value is -4.42. The molecule has 38 heavy (non-hydrogen) atoms. The molecule has 3 aromatic rings. The minimum Gasteiger partial charge on any atom is -0.480 e. The molecule has 12 nitrogen and oxygen atoms in total. The number of hydrogen-bond donors (Lipinski definition) is 6. The number of aliphatic carboxylic acids is 1. The second-order valence-corrected chi connectivity index (χ2v) is 8.67. The minimum atomic E-state index is -1.35. The van der Waals surface area contributed by atoms with Crippen LogP contribution in [0.5, 0.6) is 0 Å². The number of carboxylic acid groups (broad SMARTS) is 1. The molecule has 200 valence electrons. The Morgan fingerprint density at radius 1 is 1.18 bits per heavy atom. The van der Waals surface area contributed by atoms with E-state index in [1.807, 2.05) is 29.1 Å². The van der Waals surface area contributed by atoms with Crippen LogP contribution in [0, 0.1) is 0 Å². The van der Waals surface area contributed by atoms with Crippen molar-refractivity contribution in [3.8, 4) is 0 Å². The molecule has 4 rings (SSSR count). The molecule has 12 heteroatoms. The number of carbonyl (C=O) groups is 3. The van der Waals surface area contributed by atoms with Crippen molar-refractivity contribution < 1.29 is 24.2 Å². The molecule has 6 N–H and O–H groups in total. The molecule has 0 bridgehead atoms. The first-order valence-corrected chi connectivity index (χ1v) is 12.3. The van der Waals surface area contributed by atoms with Gasteiger partial charge < -0.3 is 25.8 Å². The summed E-state index contributed by atoms with van der Waals surface area (Å²) in [5.74, 6) is -1.75. The third kappa shape index (κ3) is 7.54. The minimum absolute atomic E-state index is 0.00209. The van der Waals surface area contributed by atoms with Gasteiger partial charge in [-0.1, -0.05) is 36.4 Å². The Morgan fingerprint density at radius 3 is 2.79 bits per heavy atom. The highest BCUT2D eigenvalue weighted by molar-refractivity contribution is 5.98. The van der Waals surface area contributed by atoms with Crippen molar-refractivity contribution in [3.05, 3.63) is 78.1 Å². The number of carbonyl (C=O) groups excluding carboxylic acids is 2. The SMILES string of the molecule is O=C(NC(CNC(=O)c1ccc2c(cnn2CCCNC2NC=CCN2)c1)C(=O)O)OCc1ccccc1. The van der Waals surface area contributed by atoms with E-state index in [0.717, 1.165) is 36.0 Å². The molecule has 2 unspecified atom stereocenters. The second kappa shape index (κ2) is 13.2. The van der Waals surface area contributed by atoms with E-state index in [9.17, 15) is 19.5 Å². The number of aromatic nitrogens is 2. The second-order valence-electron chi connectivity index (χ2n) is 8.67. The lowest BCUT2D eigenvalue weighted by Crippen LogP contribution is -2.53. The first kappa shape index (κ1) is 26.6. The van der Waals surface area contributed by atoms with Gasteiger partial charge in [0.15, 0.2) is 0 Å². The molecule has 2 atom stereocenters. The molecule has 0 radical (unpaired) electrons. The quantitative estimate of drug-likeness (QED) is 0.192. The fourth-order valence-electron chi connectivity index (χ4n) is 3.88. The smallest absolute Gasteiger partial charge is 0.408 e. The van der Waals surface area contributed by atoms with Gasteiger partial charge >= 0.3 is 12.1 Å². The Morgan fingerprint density at radius 2 is 2.03 bits per heavy atom. The average Bonchev–Trinajstić information content (AvgIpc) is 3.35.